The average Bonchev–Trinajstić information content (AvgIpc) is 2.41. The van der Waals surface area contributed by atoms with Crippen molar-refractivity contribution < 1.29 is 4.79 Å². The number of nitrogens with zero attached hydrogens (tertiary/aromatic N) is 1. The predicted octanol–water partition coefficient (Wildman–Crippen LogP) is 3.42. The Labute approximate surface area is 128 Å². The van der Waals surface area contributed by atoms with E-state index >= 15 is 0 Å². The van der Waals surface area contributed by atoms with Gasteiger partial charge in [-0.25, -0.2) is 0 Å². The van der Waals surface area contributed by atoms with Gasteiger partial charge in [0.25, 0.3) is 0 Å². The van der Waals surface area contributed by atoms with E-state index in [0.717, 1.165) is 18.5 Å². The van der Waals surface area contributed by atoms with E-state index in [1.165, 1.54) is 12.8 Å². The molecule has 0 radical (unpaired) electrons. The Morgan fingerprint density at radius 2 is 2.05 bits per heavy atom. The van der Waals surface area contributed by atoms with Crippen molar-refractivity contribution in [1.82, 2.24) is 4.90 Å². The molecule has 1 amide bonds. The van der Waals surface area contributed by atoms with E-state index in [4.69, 9.17) is 5.73 Å². The van der Waals surface area contributed by atoms with Crippen molar-refractivity contribution in [2.24, 2.45) is 0 Å². The van der Waals surface area contributed by atoms with Crippen LogP contribution in [0, 0.1) is 6.92 Å². The number of carbonyl (C=O) groups is 1. The monoisotopic (exact) mass is 291 g/mol. The van der Waals surface area contributed by atoms with E-state index in [1.54, 1.807) is 0 Å². The summed E-state index contributed by atoms with van der Waals surface area (Å²) in [4.78, 5) is 14.4. The van der Waals surface area contributed by atoms with Crippen molar-refractivity contribution >= 4 is 17.3 Å². The Morgan fingerprint density at radius 3 is 2.62 bits per heavy atom. The number of hydrogen-bond acceptors (Lipinski definition) is 3. The van der Waals surface area contributed by atoms with Crippen molar-refractivity contribution in [2.45, 2.75) is 53.0 Å². The number of hydrogen-bond donors (Lipinski definition) is 2. The number of nitrogen functional groups attached to an aromatic ring is 1. The maximum absolute atomic E-state index is 12.2. The van der Waals surface area contributed by atoms with Gasteiger partial charge in [0, 0.05) is 6.04 Å². The first-order valence-corrected chi connectivity index (χ1v) is 7.84. The van der Waals surface area contributed by atoms with Crippen LogP contribution in [0.25, 0.3) is 0 Å². The second-order valence-electron chi connectivity index (χ2n) is 5.91. The average molecular weight is 291 g/mol. The Morgan fingerprint density at radius 1 is 1.33 bits per heavy atom. The highest BCUT2D eigenvalue weighted by atomic mass is 16.2. The van der Waals surface area contributed by atoms with Crippen molar-refractivity contribution in [2.75, 3.05) is 24.1 Å². The molecule has 0 saturated heterocycles. The van der Waals surface area contributed by atoms with E-state index in [2.05, 4.69) is 31.0 Å². The minimum atomic E-state index is -0.00393. The molecule has 0 bridgehead atoms. The largest absolute Gasteiger partial charge is 0.397 e. The van der Waals surface area contributed by atoms with Gasteiger partial charge in [0.15, 0.2) is 0 Å². The van der Waals surface area contributed by atoms with Gasteiger partial charge >= 0.3 is 0 Å². The lowest BCUT2D eigenvalue weighted by Gasteiger charge is -2.25. The molecule has 118 valence electrons. The zero-order valence-corrected chi connectivity index (χ0v) is 13.8. The highest BCUT2D eigenvalue weighted by Crippen LogP contribution is 2.19. The van der Waals surface area contributed by atoms with Crippen molar-refractivity contribution in [1.29, 1.82) is 0 Å². The van der Waals surface area contributed by atoms with Gasteiger partial charge in [0.05, 0.1) is 17.9 Å². The molecule has 3 N–H and O–H groups in total. The summed E-state index contributed by atoms with van der Waals surface area (Å²) < 4.78 is 0. The first-order valence-electron chi connectivity index (χ1n) is 7.84. The maximum Gasteiger partial charge on any atom is 0.238 e. The second-order valence-corrected chi connectivity index (χ2v) is 5.91. The van der Waals surface area contributed by atoms with Crippen LogP contribution >= 0.6 is 0 Å². The molecule has 0 spiro atoms. The standard InChI is InChI=1S/C17H29N3O/c1-5-6-7-10-20(13(2)3)12-17(21)19-16-9-8-14(4)11-15(16)18/h8-9,11,13H,5-7,10,12,18H2,1-4H3,(H,19,21). The SMILES string of the molecule is CCCCCN(CC(=O)Nc1ccc(C)cc1N)C(C)C. The Kier molecular flexibility index (Phi) is 7.23. The molecule has 0 unspecified atom stereocenters. The molecule has 0 heterocycles. The summed E-state index contributed by atoms with van der Waals surface area (Å²) >= 11 is 0. The normalized spacial score (nSPS) is 11.1. The summed E-state index contributed by atoms with van der Waals surface area (Å²) in [5, 5.41) is 2.91. The first-order chi connectivity index (χ1) is 9.93. The Bertz CT molecular complexity index is 457. The quantitative estimate of drug-likeness (QED) is 0.570. The molecule has 0 aromatic heterocycles. The van der Waals surface area contributed by atoms with Gasteiger partial charge < -0.3 is 11.1 Å². The lowest BCUT2D eigenvalue weighted by atomic mass is 10.2. The van der Waals surface area contributed by atoms with Crippen LogP contribution in [-0.4, -0.2) is 29.9 Å². The van der Waals surface area contributed by atoms with Crippen molar-refractivity contribution in [3.8, 4) is 0 Å². The third-order valence-corrected chi connectivity index (χ3v) is 3.61. The van der Waals surface area contributed by atoms with Crippen LogP contribution in [0.15, 0.2) is 18.2 Å². The summed E-state index contributed by atoms with van der Waals surface area (Å²) in [5.41, 5.74) is 8.33. The van der Waals surface area contributed by atoms with Gasteiger partial charge in [-0.1, -0.05) is 25.8 Å². The lowest BCUT2D eigenvalue weighted by molar-refractivity contribution is -0.117. The molecule has 0 aliphatic carbocycles. The van der Waals surface area contributed by atoms with Gasteiger partial charge in [-0.15, -0.1) is 0 Å². The highest BCUT2D eigenvalue weighted by Gasteiger charge is 2.14. The zero-order chi connectivity index (χ0) is 15.8. The first kappa shape index (κ1) is 17.5. The van der Waals surface area contributed by atoms with Gasteiger partial charge in [-0.05, 0) is 51.4 Å². The number of nitrogens with one attached hydrogen (secondary N) is 1. The van der Waals surface area contributed by atoms with Crippen LogP contribution < -0.4 is 11.1 Å². The summed E-state index contributed by atoms with van der Waals surface area (Å²) in [7, 11) is 0. The number of benzene rings is 1. The zero-order valence-electron chi connectivity index (χ0n) is 13.8. The lowest BCUT2D eigenvalue weighted by Crippen LogP contribution is -2.38. The molecule has 0 aliphatic rings. The molecule has 4 nitrogen and oxygen atoms in total. The van der Waals surface area contributed by atoms with Crippen LogP contribution in [0.4, 0.5) is 11.4 Å². The Balaban J connectivity index is 2.57. The van der Waals surface area contributed by atoms with Crippen molar-refractivity contribution in [3.05, 3.63) is 23.8 Å². The number of carbonyl (C=O) groups excluding carboxylic acids is 1. The summed E-state index contributed by atoms with van der Waals surface area (Å²) in [5.74, 6) is -0.00393. The van der Waals surface area contributed by atoms with Gasteiger partial charge in [-0.3, -0.25) is 9.69 Å². The van der Waals surface area contributed by atoms with Gasteiger partial charge in [0.1, 0.15) is 0 Å². The van der Waals surface area contributed by atoms with Crippen LogP contribution in [-0.2, 0) is 4.79 Å². The predicted molar refractivity (Wildman–Crippen MR) is 90.5 cm³/mol. The third kappa shape index (κ3) is 6.17. The molecular weight excluding hydrogens is 262 g/mol. The molecule has 0 saturated carbocycles. The highest BCUT2D eigenvalue weighted by molar-refractivity contribution is 5.95. The number of unbranched alkanes of at least 4 members (excludes halogenated alkanes) is 2. The molecule has 4 heteroatoms. The molecule has 1 rings (SSSR count). The molecule has 1 aromatic rings. The Hall–Kier alpha value is -1.55. The number of amides is 1. The summed E-state index contributed by atoms with van der Waals surface area (Å²) in [6.45, 7) is 9.79. The molecule has 0 atom stereocenters. The molecule has 1 aromatic carbocycles. The minimum Gasteiger partial charge on any atom is -0.397 e. The van der Waals surface area contributed by atoms with Crippen LogP contribution in [0.1, 0.15) is 45.6 Å². The molecule has 21 heavy (non-hydrogen) atoms. The van der Waals surface area contributed by atoms with Gasteiger partial charge in [-0.2, -0.15) is 0 Å². The van der Waals surface area contributed by atoms with Gasteiger partial charge in [0.2, 0.25) is 5.91 Å². The number of rotatable bonds is 8. The van der Waals surface area contributed by atoms with E-state index in [1.807, 2.05) is 25.1 Å². The summed E-state index contributed by atoms with van der Waals surface area (Å²) in [6, 6.07) is 6.05. The molecule has 0 aliphatic heterocycles. The fourth-order valence-corrected chi connectivity index (χ4v) is 2.25. The number of anilines is 2. The van der Waals surface area contributed by atoms with E-state index < -0.39 is 0 Å². The van der Waals surface area contributed by atoms with E-state index in [9.17, 15) is 4.79 Å². The number of aryl methyl sites for hydroxylation is 1. The summed E-state index contributed by atoms with van der Waals surface area (Å²) in [6.07, 6.45) is 3.53. The smallest absolute Gasteiger partial charge is 0.238 e. The fraction of sp³-hybridized carbons (Fsp3) is 0.588. The minimum absolute atomic E-state index is 0.00393. The second kappa shape index (κ2) is 8.67. The van der Waals surface area contributed by atoms with E-state index in [-0.39, 0.29) is 5.91 Å². The van der Waals surface area contributed by atoms with Crippen LogP contribution in [0.3, 0.4) is 0 Å². The maximum atomic E-state index is 12.2. The van der Waals surface area contributed by atoms with E-state index in [0.29, 0.717) is 24.0 Å². The molecular formula is C17H29N3O. The topological polar surface area (TPSA) is 58.4 Å². The third-order valence-electron chi connectivity index (χ3n) is 3.61. The molecule has 0 fully saturated rings. The van der Waals surface area contributed by atoms with Crippen molar-refractivity contribution in [3.63, 3.8) is 0 Å². The fourth-order valence-electron chi connectivity index (χ4n) is 2.25. The number of nitrogens with two attached hydrogens (primary N) is 1. The van der Waals surface area contributed by atoms with Crippen LogP contribution in [0.2, 0.25) is 0 Å². The van der Waals surface area contributed by atoms with Crippen LogP contribution in [0.5, 0.6) is 0 Å².